The van der Waals surface area contributed by atoms with Crippen molar-refractivity contribution in [2.75, 3.05) is 21.3 Å². The predicted octanol–water partition coefficient (Wildman–Crippen LogP) is 2.37. The van der Waals surface area contributed by atoms with E-state index in [9.17, 15) is 0 Å². The summed E-state index contributed by atoms with van der Waals surface area (Å²) in [6, 6.07) is 8.82. The van der Waals surface area contributed by atoms with Crippen LogP contribution < -0.4 is 0 Å². The maximum absolute atomic E-state index is 5.40. The Balaban J connectivity index is 1.95. The molecule has 0 unspecified atom stereocenters. The van der Waals surface area contributed by atoms with Crippen molar-refractivity contribution in [2.45, 2.75) is 18.9 Å². The molecule has 0 amide bonds. The first kappa shape index (κ1) is 14.2. The number of fused-ring (bicyclic) bond motifs is 1. The Bertz CT molecular complexity index is 484. The van der Waals surface area contributed by atoms with E-state index < -0.39 is 8.80 Å². The molecular weight excluding hydrogens is 260 g/mol. The number of hydrogen-bond acceptors (Lipinski definition) is 4. The van der Waals surface area contributed by atoms with Crippen LogP contribution in [0.4, 0.5) is 0 Å². The van der Waals surface area contributed by atoms with E-state index in [-0.39, 0.29) is 0 Å². The van der Waals surface area contributed by atoms with Gasteiger partial charge in [0, 0.05) is 33.8 Å². The summed E-state index contributed by atoms with van der Waals surface area (Å²) in [5, 5.41) is 0. The summed E-state index contributed by atoms with van der Waals surface area (Å²) in [5.41, 5.74) is 2.08. The average molecular weight is 280 g/mol. The van der Waals surface area contributed by atoms with Crippen molar-refractivity contribution in [3.05, 3.63) is 30.1 Å². The van der Waals surface area contributed by atoms with Crippen molar-refractivity contribution < 1.29 is 13.3 Å². The molecule has 6 heteroatoms. The van der Waals surface area contributed by atoms with Crippen LogP contribution in [0.2, 0.25) is 6.04 Å². The van der Waals surface area contributed by atoms with Gasteiger partial charge in [-0.2, -0.15) is 0 Å². The number of H-pyrrole nitrogens is 1. The molecule has 0 fully saturated rings. The lowest BCUT2D eigenvalue weighted by atomic mass is 10.3. The first-order chi connectivity index (χ1) is 9.23. The number of rotatable bonds is 7. The summed E-state index contributed by atoms with van der Waals surface area (Å²) >= 11 is 0. The second-order valence-electron chi connectivity index (χ2n) is 4.35. The highest BCUT2D eigenvalue weighted by Gasteiger charge is 2.36. The molecule has 1 aromatic heterocycles. The molecule has 1 heterocycles. The van der Waals surface area contributed by atoms with Crippen molar-refractivity contribution in [2.24, 2.45) is 0 Å². The van der Waals surface area contributed by atoms with E-state index >= 15 is 0 Å². The zero-order chi connectivity index (χ0) is 13.7. The molecule has 0 saturated carbocycles. The molecule has 0 aliphatic rings. The Morgan fingerprint density at radius 1 is 1.11 bits per heavy atom. The number of para-hydroxylation sites is 2. The third kappa shape index (κ3) is 3.22. The number of aromatic nitrogens is 2. The fourth-order valence-corrected chi connectivity index (χ4v) is 3.87. The second-order valence-corrected chi connectivity index (χ2v) is 7.44. The first-order valence-corrected chi connectivity index (χ1v) is 8.25. The SMILES string of the molecule is CO[Si](CCCc1nc2ccccc2[nH]1)(OC)OC. The van der Waals surface area contributed by atoms with E-state index in [0.29, 0.717) is 0 Å². The largest absolute Gasteiger partial charge is 0.500 e. The number of nitrogens with zero attached hydrogens (tertiary/aromatic N) is 1. The maximum atomic E-state index is 5.40. The molecule has 0 aliphatic carbocycles. The van der Waals surface area contributed by atoms with Gasteiger partial charge in [-0.25, -0.2) is 4.98 Å². The fraction of sp³-hybridized carbons (Fsp3) is 0.462. The molecule has 1 N–H and O–H groups in total. The summed E-state index contributed by atoms with van der Waals surface area (Å²) in [4.78, 5) is 7.86. The first-order valence-electron chi connectivity index (χ1n) is 6.32. The number of nitrogens with one attached hydrogen (secondary N) is 1. The number of imidazole rings is 1. The Kier molecular flexibility index (Phi) is 4.70. The van der Waals surface area contributed by atoms with Crippen molar-refractivity contribution in [1.82, 2.24) is 9.97 Å². The third-order valence-electron chi connectivity index (χ3n) is 3.27. The predicted molar refractivity (Wildman–Crippen MR) is 76.0 cm³/mol. The second kappa shape index (κ2) is 6.29. The number of benzene rings is 1. The van der Waals surface area contributed by atoms with Crippen LogP contribution in [0.1, 0.15) is 12.2 Å². The van der Waals surface area contributed by atoms with Crippen molar-refractivity contribution >= 4 is 19.8 Å². The van der Waals surface area contributed by atoms with E-state index in [0.717, 1.165) is 35.7 Å². The summed E-state index contributed by atoms with van der Waals surface area (Å²) in [6.07, 6.45) is 1.78. The Morgan fingerprint density at radius 2 is 1.79 bits per heavy atom. The summed E-state index contributed by atoms with van der Waals surface area (Å²) in [5.74, 6) is 0.993. The summed E-state index contributed by atoms with van der Waals surface area (Å²) in [6.45, 7) is 0. The van der Waals surface area contributed by atoms with Gasteiger partial charge in [0.1, 0.15) is 5.82 Å². The van der Waals surface area contributed by atoms with E-state index in [4.69, 9.17) is 13.3 Å². The molecule has 0 aliphatic heterocycles. The molecule has 0 radical (unpaired) electrons. The monoisotopic (exact) mass is 280 g/mol. The maximum Gasteiger partial charge on any atom is 0.500 e. The molecule has 0 spiro atoms. The smallest absolute Gasteiger partial charge is 0.377 e. The molecule has 5 nitrogen and oxygen atoms in total. The van der Waals surface area contributed by atoms with Gasteiger partial charge >= 0.3 is 8.80 Å². The summed E-state index contributed by atoms with van der Waals surface area (Å²) < 4.78 is 16.2. The lowest BCUT2D eigenvalue weighted by Gasteiger charge is -2.23. The average Bonchev–Trinajstić information content (AvgIpc) is 2.87. The topological polar surface area (TPSA) is 56.4 Å². The highest BCUT2D eigenvalue weighted by molar-refractivity contribution is 6.60. The molecule has 19 heavy (non-hydrogen) atoms. The third-order valence-corrected chi connectivity index (χ3v) is 6.10. The quantitative estimate of drug-likeness (QED) is 0.791. The van der Waals surface area contributed by atoms with Crippen LogP contribution >= 0.6 is 0 Å². The molecule has 1 aromatic carbocycles. The lowest BCUT2D eigenvalue weighted by Crippen LogP contribution is -2.42. The van der Waals surface area contributed by atoms with E-state index in [1.54, 1.807) is 21.3 Å². The van der Waals surface area contributed by atoms with Crippen LogP contribution in [0.5, 0.6) is 0 Å². The highest BCUT2D eigenvalue weighted by Crippen LogP contribution is 2.17. The molecular formula is C13H20N2O3Si. The Labute approximate surface area is 114 Å². The molecule has 0 atom stereocenters. The lowest BCUT2D eigenvalue weighted by molar-refractivity contribution is 0.123. The van der Waals surface area contributed by atoms with Gasteiger partial charge in [-0.05, 0) is 18.6 Å². The van der Waals surface area contributed by atoms with E-state index in [2.05, 4.69) is 9.97 Å². The Morgan fingerprint density at radius 3 is 2.42 bits per heavy atom. The number of hydrogen-bond donors (Lipinski definition) is 1. The van der Waals surface area contributed by atoms with Crippen LogP contribution in [0, 0.1) is 0 Å². The number of aryl methyl sites for hydroxylation is 1. The zero-order valence-electron chi connectivity index (χ0n) is 11.6. The molecule has 0 bridgehead atoms. The van der Waals surface area contributed by atoms with E-state index in [1.807, 2.05) is 24.3 Å². The van der Waals surface area contributed by atoms with Crippen LogP contribution in [-0.4, -0.2) is 40.1 Å². The van der Waals surface area contributed by atoms with Crippen LogP contribution in [0.3, 0.4) is 0 Å². The van der Waals surface area contributed by atoms with Gasteiger partial charge < -0.3 is 18.3 Å². The van der Waals surface area contributed by atoms with Crippen molar-refractivity contribution in [3.8, 4) is 0 Å². The van der Waals surface area contributed by atoms with Gasteiger partial charge in [-0.15, -0.1) is 0 Å². The van der Waals surface area contributed by atoms with Crippen LogP contribution in [-0.2, 0) is 19.7 Å². The fourth-order valence-electron chi connectivity index (χ4n) is 2.15. The minimum Gasteiger partial charge on any atom is -0.377 e. The molecule has 0 saturated heterocycles. The molecule has 2 aromatic rings. The van der Waals surface area contributed by atoms with Gasteiger partial charge in [-0.1, -0.05) is 12.1 Å². The van der Waals surface area contributed by atoms with Gasteiger partial charge in [0.2, 0.25) is 0 Å². The number of aromatic amines is 1. The van der Waals surface area contributed by atoms with Crippen LogP contribution in [0.25, 0.3) is 11.0 Å². The minimum atomic E-state index is -2.45. The van der Waals surface area contributed by atoms with E-state index in [1.165, 1.54) is 0 Å². The minimum absolute atomic E-state index is 0.785. The zero-order valence-corrected chi connectivity index (χ0v) is 12.6. The van der Waals surface area contributed by atoms with Gasteiger partial charge in [0.15, 0.2) is 0 Å². The van der Waals surface area contributed by atoms with Gasteiger partial charge in [0.25, 0.3) is 0 Å². The van der Waals surface area contributed by atoms with Gasteiger partial charge in [-0.3, -0.25) is 0 Å². The summed E-state index contributed by atoms with van der Waals surface area (Å²) in [7, 11) is 2.47. The van der Waals surface area contributed by atoms with Crippen LogP contribution in [0.15, 0.2) is 24.3 Å². The molecule has 2 rings (SSSR count). The van der Waals surface area contributed by atoms with Crippen molar-refractivity contribution in [1.29, 1.82) is 0 Å². The normalized spacial score (nSPS) is 12.2. The standard InChI is InChI=1S/C13H20N2O3Si/c1-16-19(17-2,18-3)10-6-9-13-14-11-7-4-5-8-12(11)15-13/h4-5,7-8H,6,9-10H2,1-3H3,(H,14,15). The molecule has 104 valence electrons. The highest BCUT2D eigenvalue weighted by atomic mass is 28.4. The Hall–Kier alpha value is -1.21. The van der Waals surface area contributed by atoms with Crippen molar-refractivity contribution in [3.63, 3.8) is 0 Å². The van der Waals surface area contributed by atoms with Gasteiger partial charge in [0.05, 0.1) is 11.0 Å².